The number of pyridine rings is 2. The highest BCUT2D eigenvalue weighted by atomic mass is 32.1. The van der Waals surface area contributed by atoms with E-state index in [0.717, 1.165) is 28.7 Å². The number of aromatic nitrogens is 5. The number of hydrogen-bond acceptors (Lipinski definition) is 10. The zero-order chi connectivity index (χ0) is 23.3. The number of nitrogens with zero attached hydrogens (tertiary/aromatic N) is 6. The van der Waals surface area contributed by atoms with Gasteiger partial charge >= 0.3 is 5.97 Å². The maximum Gasteiger partial charge on any atom is 0.341 e. The van der Waals surface area contributed by atoms with Crippen LogP contribution in [0, 0.1) is 18.7 Å². The monoisotopic (exact) mass is 487 g/mol. The van der Waals surface area contributed by atoms with Crippen molar-refractivity contribution in [3.8, 4) is 5.13 Å². The van der Waals surface area contributed by atoms with E-state index in [1.807, 2.05) is 6.92 Å². The number of fused-ring (bicyclic) bond motifs is 1. The van der Waals surface area contributed by atoms with Crippen LogP contribution in [-0.4, -0.2) is 54.0 Å². The SMILES string of the molecule is Cc1cnc(NC(=O)C2CN(c3nc4c(cc3F)c(=O)c(C(=O)O)cn4-c3ncns3)C2)s1. The van der Waals surface area contributed by atoms with Crippen LogP contribution in [0.25, 0.3) is 16.2 Å². The van der Waals surface area contributed by atoms with Crippen LogP contribution >= 0.6 is 22.9 Å². The fourth-order valence-electron chi connectivity index (χ4n) is 3.45. The third kappa shape index (κ3) is 3.72. The van der Waals surface area contributed by atoms with Gasteiger partial charge in [-0.3, -0.25) is 14.2 Å². The van der Waals surface area contributed by atoms with E-state index in [-0.39, 0.29) is 46.9 Å². The zero-order valence-corrected chi connectivity index (χ0v) is 18.5. The Morgan fingerprint density at radius 1 is 1.30 bits per heavy atom. The van der Waals surface area contributed by atoms with Gasteiger partial charge in [0.1, 0.15) is 11.9 Å². The number of rotatable bonds is 5. The fourth-order valence-corrected chi connectivity index (χ4v) is 4.62. The van der Waals surface area contributed by atoms with E-state index in [9.17, 15) is 23.9 Å². The molecule has 0 unspecified atom stereocenters. The zero-order valence-electron chi connectivity index (χ0n) is 16.9. The third-order valence-electron chi connectivity index (χ3n) is 5.10. The molecule has 5 rings (SSSR count). The summed E-state index contributed by atoms with van der Waals surface area (Å²) in [6.45, 7) is 2.33. The number of carboxylic acid groups (broad SMARTS) is 1. The summed E-state index contributed by atoms with van der Waals surface area (Å²) >= 11 is 2.32. The molecule has 14 heteroatoms. The molecule has 5 heterocycles. The molecule has 1 amide bonds. The lowest BCUT2D eigenvalue weighted by molar-refractivity contribution is -0.120. The minimum atomic E-state index is -1.45. The van der Waals surface area contributed by atoms with Crippen molar-refractivity contribution in [2.45, 2.75) is 6.92 Å². The summed E-state index contributed by atoms with van der Waals surface area (Å²) in [6, 6.07) is 0.968. The van der Waals surface area contributed by atoms with Gasteiger partial charge in [-0.1, -0.05) is 0 Å². The number of nitrogens with one attached hydrogen (secondary N) is 1. The third-order valence-corrected chi connectivity index (χ3v) is 6.60. The largest absolute Gasteiger partial charge is 0.477 e. The van der Waals surface area contributed by atoms with E-state index >= 15 is 0 Å². The molecular formula is C19H14FN7O4S2. The van der Waals surface area contributed by atoms with Crippen LogP contribution < -0.4 is 15.6 Å². The summed E-state index contributed by atoms with van der Waals surface area (Å²) in [5.41, 5.74) is -1.34. The molecular weight excluding hydrogens is 473 g/mol. The molecule has 1 aliphatic rings. The molecule has 4 aromatic rings. The summed E-state index contributed by atoms with van der Waals surface area (Å²) in [4.78, 5) is 51.6. The summed E-state index contributed by atoms with van der Waals surface area (Å²) in [5.74, 6) is -2.89. The molecule has 168 valence electrons. The highest BCUT2D eigenvalue weighted by Crippen LogP contribution is 2.29. The van der Waals surface area contributed by atoms with Gasteiger partial charge in [0, 0.05) is 41.9 Å². The van der Waals surface area contributed by atoms with Crippen LogP contribution in [0.4, 0.5) is 15.3 Å². The van der Waals surface area contributed by atoms with Crippen molar-refractivity contribution in [3.05, 3.63) is 51.3 Å². The Kier molecular flexibility index (Phi) is 5.09. The van der Waals surface area contributed by atoms with Crippen molar-refractivity contribution in [2.75, 3.05) is 23.3 Å². The fraction of sp³-hybridized carbons (Fsp3) is 0.211. The number of carbonyl (C=O) groups is 2. The topological polar surface area (TPSA) is 143 Å². The van der Waals surface area contributed by atoms with E-state index in [4.69, 9.17) is 0 Å². The molecule has 0 atom stereocenters. The van der Waals surface area contributed by atoms with E-state index in [0.29, 0.717) is 5.13 Å². The Balaban J connectivity index is 1.48. The molecule has 2 N–H and O–H groups in total. The normalized spacial score (nSPS) is 13.8. The summed E-state index contributed by atoms with van der Waals surface area (Å²) < 4.78 is 20.1. The number of carboxylic acids is 1. The first-order valence-corrected chi connectivity index (χ1v) is 11.2. The average Bonchev–Trinajstić information content (AvgIpc) is 3.40. The van der Waals surface area contributed by atoms with Crippen LogP contribution in [0.5, 0.6) is 0 Å². The molecule has 0 bridgehead atoms. The average molecular weight is 487 g/mol. The number of amides is 1. The second-order valence-corrected chi connectivity index (χ2v) is 9.30. The van der Waals surface area contributed by atoms with Gasteiger partial charge < -0.3 is 15.3 Å². The second-order valence-electron chi connectivity index (χ2n) is 7.30. The van der Waals surface area contributed by atoms with Gasteiger partial charge in [-0.05, 0) is 13.0 Å². The van der Waals surface area contributed by atoms with Gasteiger partial charge in [0.05, 0.1) is 11.3 Å². The van der Waals surface area contributed by atoms with Crippen LogP contribution in [0.15, 0.2) is 29.6 Å². The number of anilines is 2. The minimum absolute atomic E-state index is 0.0441. The van der Waals surface area contributed by atoms with Gasteiger partial charge in [0.15, 0.2) is 22.4 Å². The Morgan fingerprint density at radius 2 is 2.09 bits per heavy atom. The molecule has 0 spiro atoms. The summed E-state index contributed by atoms with van der Waals surface area (Å²) in [6.07, 6.45) is 4.04. The van der Waals surface area contributed by atoms with Crippen molar-refractivity contribution in [3.63, 3.8) is 0 Å². The Morgan fingerprint density at radius 3 is 2.73 bits per heavy atom. The molecule has 33 heavy (non-hydrogen) atoms. The summed E-state index contributed by atoms with van der Waals surface area (Å²) in [5, 5.41) is 12.7. The minimum Gasteiger partial charge on any atom is -0.477 e. The van der Waals surface area contributed by atoms with E-state index < -0.39 is 22.8 Å². The highest BCUT2D eigenvalue weighted by Gasteiger charge is 2.36. The van der Waals surface area contributed by atoms with Crippen LogP contribution in [-0.2, 0) is 4.79 Å². The van der Waals surface area contributed by atoms with E-state index in [1.165, 1.54) is 22.2 Å². The van der Waals surface area contributed by atoms with Crippen LogP contribution in [0.2, 0.25) is 0 Å². The Hall–Kier alpha value is -3.78. The maximum atomic E-state index is 14.9. The summed E-state index contributed by atoms with van der Waals surface area (Å²) in [7, 11) is 0. The lowest BCUT2D eigenvalue weighted by Crippen LogP contribution is -2.52. The van der Waals surface area contributed by atoms with Crippen molar-refractivity contribution in [1.29, 1.82) is 0 Å². The number of carbonyl (C=O) groups excluding carboxylic acids is 1. The van der Waals surface area contributed by atoms with Crippen molar-refractivity contribution in [2.24, 2.45) is 5.92 Å². The van der Waals surface area contributed by atoms with Crippen molar-refractivity contribution >= 4 is 56.7 Å². The van der Waals surface area contributed by atoms with E-state index in [2.05, 4.69) is 24.6 Å². The van der Waals surface area contributed by atoms with Gasteiger partial charge in [0.2, 0.25) is 16.5 Å². The van der Waals surface area contributed by atoms with Gasteiger partial charge in [-0.2, -0.15) is 4.37 Å². The number of thiazole rings is 1. The van der Waals surface area contributed by atoms with E-state index in [1.54, 1.807) is 11.1 Å². The van der Waals surface area contributed by atoms with Crippen molar-refractivity contribution in [1.82, 2.24) is 23.9 Å². The van der Waals surface area contributed by atoms with Crippen molar-refractivity contribution < 1.29 is 19.1 Å². The molecule has 0 saturated carbocycles. The number of aryl methyl sites for hydroxylation is 1. The van der Waals surface area contributed by atoms with Gasteiger partial charge in [-0.15, -0.1) is 11.3 Å². The van der Waals surface area contributed by atoms with Gasteiger partial charge in [0.25, 0.3) is 0 Å². The Labute approximate surface area is 192 Å². The quantitative estimate of drug-likeness (QED) is 0.431. The molecule has 11 nitrogen and oxygen atoms in total. The molecule has 4 aromatic heterocycles. The second kappa shape index (κ2) is 7.97. The highest BCUT2D eigenvalue weighted by molar-refractivity contribution is 7.15. The van der Waals surface area contributed by atoms with Crippen LogP contribution in [0.1, 0.15) is 15.2 Å². The van der Waals surface area contributed by atoms with Gasteiger partial charge in [-0.25, -0.2) is 24.1 Å². The first-order valence-electron chi connectivity index (χ1n) is 9.56. The molecule has 0 aromatic carbocycles. The molecule has 1 fully saturated rings. The first-order chi connectivity index (χ1) is 15.8. The number of hydrogen-bond donors (Lipinski definition) is 2. The molecule has 1 aliphatic heterocycles. The maximum absolute atomic E-state index is 14.9. The predicted molar refractivity (Wildman–Crippen MR) is 119 cm³/mol. The standard InChI is InChI=1S/C19H14FN7O4S2/c1-8-3-21-18(32-8)25-16(29)9-4-26(5-9)15-12(20)2-10-13(28)11(17(30)31)6-27(14(10)24-15)19-22-7-23-33-19/h2-3,6-7,9H,4-5H2,1H3,(H,30,31)(H,21,25,29). The smallest absolute Gasteiger partial charge is 0.341 e. The number of aromatic carboxylic acids is 1. The first kappa shape index (κ1) is 21.1. The Bertz CT molecular complexity index is 1460. The lowest BCUT2D eigenvalue weighted by atomic mass is 9.99. The molecule has 0 radical (unpaired) electrons. The lowest BCUT2D eigenvalue weighted by Gasteiger charge is -2.39. The molecule has 0 aliphatic carbocycles. The number of halogens is 1. The molecule has 1 saturated heterocycles. The predicted octanol–water partition coefficient (Wildman–Crippen LogP) is 1.91. The van der Waals surface area contributed by atoms with Crippen LogP contribution in [0.3, 0.4) is 0 Å².